The summed E-state index contributed by atoms with van der Waals surface area (Å²) >= 11 is 3.48. The molecular weight excluding hydrogens is 335 g/mol. The Hall–Kier alpha value is -1.39. The van der Waals surface area contributed by atoms with Crippen molar-refractivity contribution in [3.63, 3.8) is 0 Å². The maximum atomic E-state index is 14.1. The fourth-order valence-corrected chi connectivity index (χ4v) is 3.30. The topological polar surface area (TPSA) is 29.5 Å². The lowest BCUT2D eigenvalue weighted by Crippen LogP contribution is -2.06. The first-order valence-electron chi connectivity index (χ1n) is 6.93. The molecule has 0 spiro atoms. The van der Waals surface area contributed by atoms with Crippen LogP contribution in [-0.4, -0.2) is 11.7 Å². The SMILES string of the molecule is Cc1cccc(C(O)Cc2cc(Br)cc3c2OCC3)c1F. The minimum atomic E-state index is -0.882. The van der Waals surface area contributed by atoms with Crippen molar-refractivity contribution >= 4 is 15.9 Å². The van der Waals surface area contributed by atoms with Crippen LogP contribution in [0.5, 0.6) is 5.75 Å². The zero-order valence-electron chi connectivity index (χ0n) is 11.7. The molecule has 0 radical (unpaired) electrons. The number of halogens is 2. The largest absolute Gasteiger partial charge is 0.493 e. The molecule has 1 heterocycles. The number of fused-ring (bicyclic) bond motifs is 1. The van der Waals surface area contributed by atoms with Crippen molar-refractivity contribution in [1.29, 1.82) is 0 Å². The molecule has 2 aromatic rings. The predicted octanol–water partition coefficient (Wildman–Crippen LogP) is 4.11. The molecule has 2 nitrogen and oxygen atoms in total. The third-order valence-electron chi connectivity index (χ3n) is 3.82. The molecule has 0 saturated carbocycles. The second-order valence-electron chi connectivity index (χ2n) is 5.35. The molecule has 0 bridgehead atoms. The summed E-state index contributed by atoms with van der Waals surface area (Å²) in [5.41, 5.74) is 2.92. The van der Waals surface area contributed by atoms with E-state index in [0.29, 0.717) is 24.2 Å². The third kappa shape index (κ3) is 2.83. The van der Waals surface area contributed by atoms with Gasteiger partial charge in [0.25, 0.3) is 0 Å². The highest BCUT2D eigenvalue weighted by Gasteiger charge is 2.21. The van der Waals surface area contributed by atoms with E-state index in [1.54, 1.807) is 25.1 Å². The highest BCUT2D eigenvalue weighted by molar-refractivity contribution is 9.10. The Balaban J connectivity index is 1.92. The highest BCUT2D eigenvalue weighted by Crippen LogP contribution is 2.35. The van der Waals surface area contributed by atoms with Crippen LogP contribution in [-0.2, 0) is 12.8 Å². The predicted molar refractivity (Wildman–Crippen MR) is 83.1 cm³/mol. The lowest BCUT2D eigenvalue weighted by atomic mass is 9.97. The molecule has 0 amide bonds. The van der Waals surface area contributed by atoms with Gasteiger partial charge in [-0.1, -0.05) is 34.1 Å². The molecule has 0 aliphatic carbocycles. The molecule has 0 aromatic heterocycles. The molecule has 4 heteroatoms. The molecule has 1 unspecified atom stereocenters. The minimum absolute atomic E-state index is 0.335. The summed E-state index contributed by atoms with van der Waals surface area (Å²) < 4.78 is 20.7. The Morgan fingerprint density at radius 3 is 3.00 bits per heavy atom. The molecule has 1 N–H and O–H groups in total. The lowest BCUT2D eigenvalue weighted by Gasteiger charge is -2.15. The Labute approximate surface area is 131 Å². The van der Waals surface area contributed by atoms with Gasteiger partial charge in [-0.3, -0.25) is 0 Å². The number of aliphatic hydroxyl groups excluding tert-OH is 1. The first-order valence-corrected chi connectivity index (χ1v) is 7.72. The van der Waals surface area contributed by atoms with Crippen LogP contribution in [0.4, 0.5) is 4.39 Å². The van der Waals surface area contributed by atoms with Gasteiger partial charge in [0, 0.05) is 22.9 Å². The monoisotopic (exact) mass is 350 g/mol. The van der Waals surface area contributed by atoms with E-state index < -0.39 is 6.10 Å². The van der Waals surface area contributed by atoms with Crippen LogP contribution in [0.1, 0.15) is 28.4 Å². The molecule has 2 aromatic carbocycles. The van der Waals surface area contributed by atoms with Crippen LogP contribution in [0, 0.1) is 12.7 Å². The summed E-state index contributed by atoms with van der Waals surface area (Å²) in [6, 6.07) is 9.06. The number of rotatable bonds is 3. The first-order chi connectivity index (χ1) is 10.1. The Kier molecular flexibility index (Phi) is 4.00. The van der Waals surface area contributed by atoms with Gasteiger partial charge in [-0.2, -0.15) is 0 Å². The smallest absolute Gasteiger partial charge is 0.131 e. The summed E-state index contributed by atoms with van der Waals surface area (Å²) in [6.45, 7) is 2.36. The van der Waals surface area contributed by atoms with Crippen molar-refractivity contribution in [1.82, 2.24) is 0 Å². The quantitative estimate of drug-likeness (QED) is 0.902. The number of hydrogen-bond donors (Lipinski definition) is 1. The van der Waals surface area contributed by atoms with Crippen LogP contribution in [0.3, 0.4) is 0 Å². The second-order valence-corrected chi connectivity index (χ2v) is 6.27. The Morgan fingerprint density at radius 1 is 1.38 bits per heavy atom. The standard InChI is InChI=1S/C17H16BrFO2/c1-10-3-2-4-14(16(10)19)15(20)9-12-8-13(18)7-11-5-6-21-17(11)12/h2-4,7-8,15,20H,5-6,9H2,1H3. The average Bonchev–Trinajstić information content (AvgIpc) is 2.90. The van der Waals surface area contributed by atoms with Crippen LogP contribution in [0.15, 0.2) is 34.8 Å². The molecule has 0 saturated heterocycles. The minimum Gasteiger partial charge on any atom is -0.493 e. The molecule has 1 aliphatic rings. The van der Waals surface area contributed by atoms with E-state index in [-0.39, 0.29) is 5.82 Å². The van der Waals surface area contributed by atoms with Crippen molar-refractivity contribution < 1.29 is 14.2 Å². The van der Waals surface area contributed by atoms with E-state index in [2.05, 4.69) is 15.9 Å². The van der Waals surface area contributed by atoms with Gasteiger partial charge < -0.3 is 9.84 Å². The van der Waals surface area contributed by atoms with Crippen molar-refractivity contribution in [3.8, 4) is 5.75 Å². The maximum Gasteiger partial charge on any atom is 0.131 e. The van der Waals surface area contributed by atoms with E-state index in [4.69, 9.17) is 4.74 Å². The van der Waals surface area contributed by atoms with Crippen LogP contribution in [0.2, 0.25) is 0 Å². The van der Waals surface area contributed by atoms with Gasteiger partial charge in [0.1, 0.15) is 11.6 Å². The maximum absolute atomic E-state index is 14.1. The van der Waals surface area contributed by atoms with Crippen LogP contribution >= 0.6 is 15.9 Å². The van der Waals surface area contributed by atoms with Crippen molar-refractivity contribution in [2.75, 3.05) is 6.61 Å². The molecular formula is C17H16BrFO2. The van der Waals surface area contributed by atoms with Crippen LogP contribution < -0.4 is 4.74 Å². The summed E-state index contributed by atoms with van der Waals surface area (Å²) in [6.07, 6.45) is 0.325. The van der Waals surface area contributed by atoms with E-state index in [1.807, 2.05) is 12.1 Å². The van der Waals surface area contributed by atoms with Gasteiger partial charge >= 0.3 is 0 Å². The molecule has 21 heavy (non-hydrogen) atoms. The van der Waals surface area contributed by atoms with Gasteiger partial charge in [0.15, 0.2) is 0 Å². The van der Waals surface area contributed by atoms with Gasteiger partial charge in [-0.15, -0.1) is 0 Å². The van der Waals surface area contributed by atoms with Gasteiger partial charge in [-0.05, 0) is 35.7 Å². The molecule has 110 valence electrons. The normalized spacial score (nSPS) is 14.7. The van der Waals surface area contributed by atoms with E-state index in [9.17, 15) is 9.50 Å². The molecule has 3 rings (SSSR count). The van der Waals surface area contributed by atoms with Crippen molar-refractivity contribution in [3.05, 3.63) is 62.9 Å². The lowest BCUT2D eigenvalue weighted by molar-refractivity contribution is 0.172. The average molecular weight is 351 g/mol. The number of ether oxygens (including phenoxy) is 1. The summed E-state index contributed by atoms with van der Waals surface area (Å²) in [5, 5.41) is 10.4. The summed E-state index contributed by atoms with van der Waals surface area (Å²) in [4.78, 5) is 0. The Morgan fingerprint density at radius 2 is 2.19 bits per heavy atom. The number of aliphatic hydroxyl groups is 1. The number of hydrogen-bond acceptors (Lipinski definition) is 2. The van der Waals surface area contributed by atoms with Crippen LogP contribution in [0.25, 0.3) is 0 Å². The van der Waals surface area contributed by atoms with Gasteiger partial charge in [-0.25, -0.2) is 4.39 Å². The zero-order valence-corrected chi connectivity index (χ0v) is 13.3. The summed E-state index contributed by atoms with van der Waals surface area (Å²) in [7, 11) is 0. The van der Waals surface area contributed by atoms with Gasteiger partial charge in [0.2, 0.25) is 0 Å². The fourth-order valence-electron chi connectivity index (χ4n) is 2.74. The summed E-state index contributed by atoms with van der Waals surface area (Å²) in [5.74, 6) is 0.503. The van der Waals surface area contributed by atoms with Crippen molar-refractivity contribution in [2.24, 2.45) is 0 Å². The zero-order chi connectivity index (χ0) is 15.0. The second kappa shape index (κ2) is 5.78. The van der Waals surface area contributed by atoms with E-state index >= 15 is 0 Å². The van der Waals surface area contributed by atoms with Crippen molar-refractivity contribution in [2.45, 2.75) is 25.9 Å². The number of benzene rings is 2. The third-order valence-corrected chi connectivity index (χ3v) is 4.28. The molecule has 1 aliphatic heterocycles. The highest BCUT2D eigenvalue weighted by atomic mass is 79.9. The molecule has 0 fully saturated rings. The van der Waals surface area contributed by atoms with E-state index in [0.717, 1.165) is 27.8 Å². The Bertz CT molecular complexity index is 685. The van der Waals surface area contributed by atoms with Gasteiger partial charge in [0.05, 0.1) is 12.7 Å². The first kappa shape index (κ1) is 14.5. The number of aryl methyl sites for hydroxylation is 1. The molecule has 1 atom stereocenters. The fraction of sp³-hybridized carbons (Fsp3) is 0.294. The van der Waals surface area contributed by atoms with E-state index in [1.165, 1.54) is 0 Å².